The highest BCUT2D eigenvalue weighted by Gasteiger charge is 2.21. The first-order valence-corrected chi connectivity index (χ1v) is 9.73. The van der Waals surface area contributed by atoms with Crippen molar-refractivity contribution in [1.82, 2.24) is 9.62 Å². The Kier molecular flexibility index (Phi) is 6.50. The summed E-state index contributed by atoms with van der Waals surface area (Å²) in [6.07, 6.45) is 0. The van der Waals surface area contributed by atoms with Gasteiger partial charge in [0.05, 0.1) is 16.5 Å². The molecule has 0 aromatic heterocycles. The van der Waals surface area contributed by atoms with Gasteiger partial charge in [0.25, 0.3) is 5.91 Å². The van der Waals surface area contributed by atoms with Crippen LogP contribution in [0.5, 0.6) is 0 Å². The molecule has 0 bridgehead atoms. The molecule has 0 fully saturated rings. The van der Waals surface area contributed by atoms with Crippen LogP contribution in [0.1, 0.15) is 35.3 Å². The molecule has 0 radical (unpaired) electrons. The average molecular weight is 371 g/mol. The predicted molar refractivity (Wildman–Crippen MR) is 98.9 cm³/mol. The van der Waals surface area contributed by atoms with Crippen LogP contribution >= 0.6 is 0 Å². The van der Waals surface area contributed by atoms with Crippen molar-refractivity contribution in [1.29, 1.82) is 5.26 Å². The van der Waals surface area contributed by atoms with Crippen LogP contribution in [0.25, 0.3) is 0 Å². The summed E-state index contributed by atoms with van der Waals surface area (Å²) in [6.45, 7) is 4.63. The number of amides is 1. The van der Waals surface area contributed by atoms with E-state index in [9.17, 15) is 13.2 Å². The van der Waals surface area contributed by atoms with E-state index in [4.69, 9.17) is 5.26 Å². The van der Waals surface area contributed by atoms with Gasteiger partial charge in [0.15, 0.2) is 0 Å². The largest absolute Gasteiger partial charge is 0.348 e. The van der Waals surface area contributed by atoms with Gasteiger partial charge in [0, 0.05) is 25.2 Å². The quantitative estimate of drug-likeness (QED) is 0.810. The third kappa shape index (κ3) is 4.48. The summed E-state index contributed by atoms with van der Waals surface area (Å²) in [6, 6.07) is 14.9. The molecule has 0 spiro atoms. The third-order valence-electron chi connectivity index (χ3n) is 3.97. The molecule has 0 heterocycles. The minimum absolute atomic E-state index is 0.166. The van der Waals surface area contributed by atoms with Gasteiger partial charge < -0.3 is 5.32 Å². The van der Waals surface area contributed by atoms with Crippen molar-refractivity contribution in [3.63, 3.8) is 0 Å². The fourth-order valence-electron chi connectivity index (χ4n) is 2.53. The summed E-state index contributed by atoms with van der Waals surface area (Å²) in [5, 5.41) is 11.7. The summed E-state index contributed by atoms with van der Waals surface area (Å²) in [5.41, 5.74) is 1.72. The molecule has 1 N–H and O–H groups in total. The summed E-state index contributed by atoms with van der Waals surface area (Å²) in [7, 11) is -3.54. The molecule has 2 aromatic carbocycles. The number of hydrogen-bond acceptors (Lipinski definition) is 4. The van der Waals surface area contributed by atoms with E-state index in [1.54, 1.807) is 32.0 Å². The van der Waals surface area contributed by atoms with Gasteiger partial charge in [-0.1, -0.05) is 26.0 Å². The van der Waals surface area contributed by atoms with Gasteiger partial charge in [-0.15, -0.1) is 0 Å². The van der Waals surface area contributed by atoms with Gasteiger partial charge in [-0.25, -0.2) is 8.42 Å². The Hall–Kier alpha value is -2.69. The Morgan fingerprint density at radius 2 is 1.77 bits per heavy atom. The molecule has 2 rings (SSSR count). The first-order chi connectivity index (χ1) is 12.4. The molecule has 0 saturated carbocycles. The standard InChI is InChI=1S/C19H21N3O3S/c1-3-22(4-2)26(24,25)18-10-8-17(9-11-18)19(23)21-14-16-7-5-6-15(12-16)13-20/h5-12H,3-4,14H2,1-2H3,(H,21,23). The number of rotatable bonds is 7. The molecular formula is C19H21N3O3S. The summed E-state index contributed by atoms with van der Waals surface area (Å²) in [5.74, 6) is -0.306. The number of sulfonamides is 1. The van der Waals surface area contributed by atoms with Crippen molar-refractivity contribution in [2.45, 2.75) is 25.3 Å². The molecule has 6 nitrogen and oxygen atoms in total. The van der Waals surface area contributed by atoms with E-state index in [1.165, 1.54) is 28.6 Å². The van der Waals surface area contributed by atoms with E-state index >= 15 is 0 Å². The minimum atomic E-state index is -3.54. The molecule has 0 unspecified atom stereocenters. The van der Waals surface area contributed by atoms with Crippen molar-refractivity contribution in [2.24, 2.45) is 0 Å². The zero-order valence-corrected chi connectivity index (χ0v) is 15.6. The average Bonchev–Trinajstić information content (AvgIpc) is 2.67. The van der Waals surface area contributed by atoms with Crippen molar-refractivity contribution in [3.05, 3.63) is 65.2 Å². The van der Waals surface area contributed by atoms with Gasteiger partial charge in [-0.05, 0) is 42.0 Å². The Bertz CT molecular complexity index is 912. The lowest BCUT2D eigenvalue weighted by Crippen LogP contribution is -2.30. The lowest BCUT2D eigenvalue weighted by Gasteiger charge is -2.18. The smallest absolute Gasteiger partial charge is 0.251 e. The number of nitrogens with zero attached hydrogens (tertiary/aromatic N) is 2. The first-order valence-electron chi connectivity index (χ1n) is 8.29. The topological polar surface area (TPSA) is 90.3 Å². The molecule has 0 saturated heterocycles. The van der Waals surface area contributed by atoms with Gasteiger partial charge in [0.2, 0.25) is 10.0 Å². The van der Waals surface area contributed by atoms with Crippen molar-refractivity contribution in [2.75, 3.05) is 13.1 Å². The van der Waals surface area contributed by atoms with E-state index in [-0.39, 0.29) is 17.3 Å². The number of carbonyl (C=O) groups is 1. The van der Waals surface area contributed by atoms with Gasteiger partial charge in [-0.3, -0.25) is 4.79 Å². The molecule has 26 heavy (non-hydrogen) atoms. The highest BCUT2D eigenvalue weighted by Crippen LogP contribution is 2.16. The predicted octanol–water partition coefficient (Wildman–Crippen LogP) is 2.52. The van der Waals surface area contributed by atoms with E-state index in [2.05, 4.69) is 11.4 Å². The fraction of sp³-hybridized carbons (Fsp3) is 0.263. The monoisotopic (exact) mass is 371 g/mol. The van der Waals surface area contributed by atoms with Crippen LogP contribution in [0.15, 0.2) is 53.4 Å². The molecule has 0 atom stereocenters. The molecule has 7 heteroatoms. The molecule has 2 aromatic rings. The lowest BCUT2D eigenvalue weighted by atomic mass is 10.1. The summed E-state index contributed by atoms with van der Waals surface area (Å²) < 4.78 is 26.3. The number of hydrogen-bond donors (Lipinski definition) is 1. The zero-order chi connectivity index (χ0) is 19.2. The Balaban J connectivity index is 2.08. The van der Waals surface area contributed by atoms with Crippen molar-refractivity contribution < 1.29 is 13.2 Å². The second-order valence-corrected chi connectivity index (χ2v) is 7.55. The van der Waals surface area contributed by atoms with E-state index in [0.29, 0.717) is 24.2 Å². The maximum Gasteiger partial charge on any atom is 0.251 e. The molecule has 1 amide bonds. The van der Waals surface area contributed by atoms with Crippen LogP contribution < -0.4 is 5.32 Å². The maximum absolute atomic E-state index is 12.4. The minimum Gasteiger partial charge on any atom is -0.348 e. The van der Waals surface area contributed by atoms with E-state index < -0.39 is 10.0 Å². The summed E-state index contributed by atoms with van der Waals surface area (Å²) in [4.78, 5) is 12.4. The second kappa shape index (κ2) is 8.61. The van der Waals surface area contributed by atoms with Crippen molar-refractivity contribution >= 4 is 15.9 Å². The van der Waals surface area contributed by atoms with E-state index in [1.807, 2.05) is 6.07 Å². The SMILES string of the molecule is CCN(CC)S(=O)(=O)c1ccc(C(=O)NCc2cccc(C#N)c2)cc1. The highest BCUT2D eigenvalue weighted by atomic mass is 32.2. The van der Waals surface area contributed by atoms with E-state index in [0.717, 1.165) is 5.56 Å². The van der Waals surface area contributed by atoms with Crippen LogP contribution in [0.4, 0.5) is 0 Å². The van der Waals surface area contributed by atoms with Crippen LogP contribution in [-0.4, -0.2) is 31.7 Å². The fourth-order valence-corrected chi connectivity index (χ4v) is 3.98. The molecular weight excluding hydrogens is 350 g/mol. The molecule has 0 aliphatic rings. The van der Waals surface area contributed by atoms with Gasteiger partial charge >= 0.3 is 0 Å². The van der Waals surface area contributed by atoms with Crippen LogP contribution in [0.2, 0.25) is 0 Å². The number of benzene rings is 2. The first kappa shape index (κ1) is 19.6. The number of nitrogens with one attached hydrogen (secondary N) is 1. The lowest BCUT2D eigenvalue weighted by molar-refractivity contribution is 0.0951. The molecule has 0 aliphatic heterocycles. The van der Waals surface area contributed by atoms with Gasteiger partial charge in [0.1, 0.15) is 0 Å². The van der Waals surface area contributed by atoms with Gasteiger partial charge in [-0.2, -0.15) is 9.57 Å². The normalized spacial score (nSPS) is 11.2. The van der Waals surface area contributed by atoms with Crippen LogP contribution in [-0.2, 0) is 16.6 Å². The number of carbonyl (C=O) groups excluding carboxylic acids is 1. The molecule has 136 valence electrons. The maximum atomic E-state index is 12.4. The van der Waals surface area contributed by atoms with Crippen LogP contribution in [0.3, 0.4) is 0 Å². The number of nitriles is 1. The third-order valence-corrected chi connectivity index (χ3v) is 6.03. The second-order valence-electron chi connectivity index (χ2n) is 5.61. The van der Waals surface area contributed by atoms with Crippen molar-refractivity contribution in [3.8, 4) is 6.07 Å². The Labute approximate surface area is 154 Å². The zero-order valence-electron chi connectivity index (χ0n) is 14.8. The molecule has 0 aliphatic carbocycles. The Morgan fingerprint density at radius 1 is 1.12 bits per heavy atom. The highest BCUT2D eigenvalue weighted by molar-refractivity contribution is 7.89. The Morgan fingerprint density at radius 3 is 2.35 bits per heavy atom. The van der Waals surface area contributed by atoms with Crippen LogP contribution in [0, 0.1) is 11.3 Å². The summed E-state index contributed by atoms with van der Waals surface area (Å²) >= 11 is 0.